The Morgan fingerprint density at radius 3 is 2.80 bits per heavy atom. The second-order valence-electron chi connectivity index (χ2n) is 3.71. The molecule has 1 aromatic rings. The van der Waals surface area contributed by atoms with E-state index < -0.39 is 10.0 Å². The summed E-state index contributed by atoms with van der Waals surface area (Å²) in [5.74, 6) is -0.316. The lowest BCUT2D eigenvalue weighted by molar-refractivity contribution is 0.590. The van der Waals surface area contributed by atoms with Crippen LogP contribution in [0.1, 0.15) is 12.0 Å². The van der Waals surface area contributed by atoms with Gasteiger partial charge in [0, 0.05) is 6.54 Å². The van der Waals surface area contributed by atoms with Crippen LogP contribution in [0.5, 0.6) is 0 Å². The van der Waals surface area contributed by atoms with Gasteiger partial charge in [0.2, 0.25) is 10.0 Å². The van der Waals surface area contributed by atoms with E-state index in [-0.39, 0.29) is 5.82 Å². The molecule has 0 aromatic heterocycles. The fourth-order valence-corrected chi connectivity index (χ4v) is 2.87. The van der Waals surface area contributed by atoms with Crippen molar-refractivity contribution in [1.29, 1.82) is 0 Å². The van der Waals surface area contributed by atoms with Crippen LogP contribution >= 0.6 is 0 Å². The zero-order valence-corrected chi connectivity index (χ0v) is 9.22. The van der Waals surface area contributed by atoms with E-state index in [0.717, 1.165) is 18.4 Å². The van der Waals surface area contributed by atoms with Crippen molar-refractivity contribution >= 4 is 15.7 Å². The second-order valence-corrected chi connectivity index (χ2v) is 5.62. The molecule has 0 atom stereocenters. The molecular formula is C10H12FNO2S. The van der Waals surface area contributed by atoms with E-state index >= 15 is 0 Å². The minimum Gasteiger partial charge on any atom is -0.270 e. The molecule has 0 saturated carbocycles. The monoisotopic (exact) mass is 229 g/mol. The van der Waals surface area contributed by atoms with Gasteiger partial charge in [0.1, 0.15) is 5.82 Å². The van der Waals surface area contributed by atoms with Crippen molar-refractivity contribution in [3.8, 4) is 0 Å². The van der Waals surface area contributed by atoms with Crippen LogP contribution in [-0.4, -0.2) is 21.2 Å². The Morgan fingerprint density at radius 1 is 1.40 bits per heavy atom. The third-order valence-electron chi connectivity index (χ3n) is 2.52. The molecule has 1 aromatic carbocycles. The first-order chi connectivity index (χ1) is 6.98. The predicted molar refractivity (Wildman–Crippen MR) is 56.9 cm³/mol. The van der Waals surface area contributed by atoms with Crippen molar-refractivity contribution in [3.63, 3.8) is 0 Å². The maximum atomic E-state index is 13.0. The maximum absolute atomic E-state index is 13.0. The van der Waals surface area contributed by atoms with Crippen LogP contribution in [0.3, 0.4) is 0 Å². The predicted octanol–water partition coefficient (Wildman–Crippen LogP) is 1.54. The van der Waals surface area contributed by atoms with E-state index in [2.05, 4.69) is 0 Å². The number of aryl methyl sites for hydroxylation is 1. The van der Waals surface area contributed by atoms with Gasteiger partial charge in [-0.2, -0.15) is 0 Å². The standard InChI is InChI=1S/C10H12FNO2S/c1-15(13,14)12-6-2-3-8-7-9(11)4-5-10(8)12/h4-5,7H,2-3,6H2,1H3. The first-order valence-corrected chi connectivity index (χ1v) is 6.59. The largest absolute Gasteiger partial charge is 0.270 e. The van der Waals surface area contributed by atoms with E-state index in [1.54, 1.807) is 0 Å². The molecule has 0 saturated heterocycles. The summed E-state index contributed by atoms with van der Waals surface area (Å²) in [6, 6.07) is 4.24. The lowest BCUT2D eigenvalue weighted by Gasteiger charge is -2.29. The summed E-state index contributed by atoms with van der Waals surface area (Å²) in [5, 5.41) is 0. The number of rotatable bonds is 1. The number of halogens is 1. The van der Waals surface area contributed by atoms with E-state index in [0.29, 0.717) is 12.2 Å². The highest BCUT2D eigenvalue weighted by atomic mass is 32.2. The third-order valence-corrected chi connectivity index (χ3v) is 3.70. The van der Waals surface area contributed by atoms with Crippen LogP contribution in [0.25, 0.3) is 0 Å². The molecule has 1 aliphatic heterocycles. The Labute approximate surface area is 88.6 Å². The molecule has 0 N–H and O–H groups in total. The van der Waals surface area contributed by atoms with Gasteiger partial charge >= 0.3 is 0 Å². The molecule has 3 nitrogen and oxygen atoms in total. The number of sulfonamides is 1. The van der Waals surface area contributed by atoms with E-state index in [1.165, 1.54) is 28.8 Å². The summed E-state index contributed by atoms with van der Waals surface area (Å²) in [6.07, 6.45) is 2.65. The fourth-order valence-electron chi connectivity index (χ4n) is 1.88. The fraction of sp³-hybridized carbons (Fsp3) is 0.400. The van der Waals surface area contributed by atoms with Crippen molar-refractivity contribution in [3.05, 3.63) is 29.6 Å². The number of anilines is 1. The molecule has 0 bridgehead atoms. The number of benzene rings is 1. The molecule has 0 radical (unpaired) electrons. The summed E-state index contributed by atoms with van der Waals surface area (Å²) in [4.78, 5) is 0. The van der Waals surface area contributed by atoms with Crippen molar-refractivity contribution < 1.29 is 12.8 Å². The van der Waals surface area contributed by atoms with Gasteiger partial charge in [-0.15, -0.1) is 0 Å². The van der Waals surface area contributed by atoms with Gasteiger partial charge in [-0.25, -0.2) is 12.8 Å². The minimum atomic E-state index is -3.24. The summed E-state index contributed by atoms with van der Waals surface area (Å²) in [6.45, 7) is 0.484. The summed E-state index contributed by atoms with van der Waals surface area (Å²) >= 11 is 0. The molecule has 0 unspecified atom stereocenters. The molecule has 15 heavy (non-hydrogen) atoms. The lowest BCUT2D eigenvalue weighted by atomic mass is 10.0. The molecule has 5 heteroatoms. The van der Waals surface area contributed by atoms with Gasteiger partial charge in [0.15, 0.2) is 0 Å². The maximum Gasteiger partial charge on any atom is 0.232 e. The molecule has 1 heterocycles. The molecular weight excluding hydrogens is 217 g/mol. The second kappa shape index (κ2) is 3.48. The quantitative estimate of drug-likeness (QED) is 0.732. The molecule has 1 aliphatic rings. The molecule has 82 valence electrons. The highest BCUT2D eigenvalue weighted by Gasteiger charge is 2.23. The molecule has 0 fully saturated rings. The Kier molecular flexibility index (Phi) is 2.42. The van der Waals surface area contributed by atoms with Gasteiger partial charge in [-0.3, -0.25) is 4.31 Å². The van der Waals surface area contributed by atoms with Gasteiger partial charge in [0.05, 0.1) is 11.9 Å². The highest BCUT2D eigenvalue weighted by Crippen LogP contribution is 2.29. The molecule has 0 spiro atoms. The normalized spacial score (nSPS) is 16.3. The Bertz CT molecular complexity index is 484. The SMILES string of the molecule is CS(=O)(=O)N1CCCc2cc(F)ccc21. The van der Waals surface area contributed by atoms with Gasteiger partial charge in [0.25, 0.3) is 0 Å². The van der Waals surface area contributed by atoms with Crippen molar-refractivity contribution in [1.82, 2.24) is 0 Å². The Balaban J connectivity index is 2.52. The van der Waals surface area contributed by atoms with Gasteiger partial charge in [-0.1, -0.05) is 0 Å². The Morgan fingerprint density at radius 2 is 2.13 bits per heavy atom. The smallest absolute Gasteiger partial charge is 0.232 e. The van der Waals surface area contributed by atoms with Crippen LogP contribution in [-0.2, 0) is 16.4 Å². The number of hydrogen-bond acceptors (Lipinski definition) is 2. The zero-order chi connectivity index (χ0) is 11.1. The summed E-state index contributed by atoms with van der Waals surface area (Å²) < 4.78 is 37.2. The zero-order valence-electron chi connectivity index (χ0n) is 8.40. The molecule has 2 rings (SSSR count). The average molecular weight is 229 g/mol. The molecule has 0 amide bonds. The minimum absolute atomic E-state index is 0.316. The number of fused-ring (bicyclic) bond motifs is 1. The lowest BCUT2D eigenvalue weighted by Crippen LogP contribution is -2.34. The number of hydrogen-bond donors (Lipinski definition) is 0. The molecule has 0 aliphatic carbocycles. The van der Waals surface area contributed by atoms with Crippen LogP contribution in [0, 0.1) is 5.82 Å². The van der Waals surface area contributed by atoms with Gasteiger partial charge < -0.3 is 0 Å². The summed E-state index contributed by atoms with van der Waals surface area (Å²) in [5.41, 5.74) is 1.39. The summed E-state index contributed by atoms with van der Waals surface area (Å²) in [7, 11) is -3.24. The first kappa shape index (κ1) is 10.4. The number of nitrogens with zero attached hydrogens (tertiary/aromatic N) is 1. The third kappa shape index (κ3) is 1.97. The first-order valence-electron chi connectivity index (χ1n) is 4.74. The Hall–Kier alpha value is -1.10. The van der Waals surface area contributed by atoms with Crippen molar-refractivity contribution in [2.45, 2.75) is 12.8 Å². The van der Waals surface area contributed by atoms with E-state index in [1.807, 2.05) is 0 Å². The highest BCUT2D eigenvalue weighted by molar-refractivity contribution is 7.92. The van der Waals surface area contributed by atoms with Crippen LogP contribution in [0.2, 0.25) is 0 Å². The van der Waals surface area contributed by atoms with Crippen LogP contribution in [0.15, 0.2) is 18.2 Å². The van der Waals surface area contributed by atoms with Gasteiger partial charge in [-0.05, 0) is 36.6 Å². The topological polar surface area (TPSA) is 37.4 Å². The van der Waals surface area contributed by atoms with E-state index in [4.69, 9.17) is 0 Å². The average Bonchev–Trinajstić information content (AvgIpc) is 2.15. The van der Waals surface area contributed by atoms with E-state index in [9.17, 15) is 12.8 Å². The van der Waals surface area contributed by atoms with Crippen molar-refractivity contribution in [2.75, 3.05) is 17.1 Å². The van der Waals surface area contributed by atoms with Crippen molar-refractivity contribution in [2.24, 2.45) is 0 Å². The van der Waals surface area contributed by atoms with Crippen LogP contribution < -0.4 is 4.31 Å². The van der Waals surface area contributed by atoms with Crippen LogP contribution in [0.4, 0.5) is 10.1 Å².